The minimum Gasteiger partial charge on any atom is -0.498 e. The molecule has 0 aromatic heterocycles. The lowest BCUT2D eigenvalue weighted by molar-refractivity contribution is 0.0799. The monoisotopic (exact) mass is 362 g/mol. The second-order valence-electron chi connectivity index (χ2n) is 5.42. The van der Waals surface area contributed by atoms with Gasteiger partial charge in [-0.05, 0) is 23.8 Å². The minimum atomic E-state index is -0.362. The predicted molar refractivity (Wildman–Crippen MR) is 96.6 cm³/mol. The summed E-state index contributed by atoms with van der Waals surface area (Å²) in [7, 11) is 6.19. The van der Waals surface area contributed by atoms with Crippen LogP contribution < -0.4 is 9.47 Å². The lowest BCUT2D eigenvalue weighted by Crippen LogP contribution is -2.21. The topological polar surface area (TPSA) is 102 Å². The van der Waals surface area contributed by atoms with E-state index in [0.717, 1.165) is 5.57 Å². The number of hydrogen-bond acceptors (Lipinski definition) is 8. The van der Waals surface area contributed by atoms with E-state index in [4.69, 9.17) is 29.4 Å². The van der Waals surface area contributed by atoms with Gasteiger partial charge in [0, 0.05) is 30.2 Å². The molecule has 0 radical (unpaired) electrons. The first-order valence-electron chi connectivity index (χ1n) is 7.76. The van der Waals surface area contributed by atoms with Crippen molar-refractivity contribution in [2.24, 2.45) is 10.3 Å². The van der Waals surface area contributed by atoms with Crippen molar-refractivity contribution >= 4 is 18.0 Å². The van der Waals surface area contributed by atoms with Crippen LogP contribution in [0.15, 0.2) is 39.9 Å². The van der Waals surface area contributed by atoms with Crippen LogP contribution in [0.1, 0.15) is 17.5 Å². The van der Waals surface area contributed by atoms with Crippen molar-refractivity contribution in [3.8, 4) is 11.5 Å². The van der Waals surface area contributed by atoms with Crippen molar-refractivity contribution in [1.29, 1.82) is 0 Å². The Hall–Kier alpha value is -3.00. The molecule has 1 unspecified atom stereocenters. The maximum Gasteiger partial charge on any atom is 0.168 e. The maximum absolute atomic E-state index is 8.91. The molecule has 0 aliphatic heterocycles. The van der Waals surface area contributed by atoms with Gasteiger partial charge in [0.15, 0.2) is 11.5 Å². The second kappa shape index (κ2) is 8.91. The largest absolute Gasteiger partial charge is 0.498 e. The third-order valence-electron chi connectivity index (χ3n) is 4.03. The van der Waals surface area contributed by atoms with Crippen LogP contribution >= 0.6 is 0 Å². The van der Waals surface area contributed by atoms with Crippen LogP contribution in [0.3, 0.4) is 0 Å². The first kappa shape index (κ1) is 19.3. The van der Waals surface area contributed by atoms with Gasteiger partial charge in [-0.2, -0.15) is 0 Å². The van der Waals surface area contributed by atoms with E-state index in [1.54, 1.807) is 26.4 Å². The highest BCUT2D eigenvalue weighted by Gasteiger charge is 2.28. The van der Waals surface area contributed by atoms with Gasteiger partial charge in [-0.25, -0.2) is 0 Å². The maximum atomic E-state index is 8.91. The number of oxime groups is 2. The van der Waals surface area contributed by atoms with Gasteiger partial charge in [0.2, 0.25) is 0 Å². The number of hydrogen-bond donors (Lipinski definition) is 2. The number of rotatable bonds is 7. The summed E-state index contributed by atoms with van der Waals surface area (Å²) in [5.74, 6) is 1.55. The number of methoxy groups -OCH3 is 4. The number of ether oxygens (including phenoxy) is 4. The van der Waals surface area contributed by atoms with Crippen LogP contribution in [0.2, 0.25) is 0 Å². The van der Waals surface area contributed by atoms with E-state index < -0.39 is 0 Å². The number of benzene rings is 1. The molecule has 140 valence electrons. The van der Waals surface area contributed by atoms with Crippen LogP contribution in [0, 0.1) is 0 Å². The lowest BCUT2D eigenvalue weighted by Gasteiger charge is -2.26. The van der Waals surface area contributed by atoms with Crippen molar-refractivity contribution in [2.45, 2.75) is 12.5 Å². The minimum absolute atomic E-state index is 0.362. The molecule has 0 amide bonds. The van der Waals surface area contributed by atoms with Crippen molar-refractivity contribution in [3.05, 3.63) is 40.7 Å². The van der Waals surface area contributed by atoms with Gasteiger partial charge in [0.1, 0.15) is 11.9 Å². The summed E-state index contributed by atoms with van der Waals surface area (Å²) in [6.45, 7) is 0. The molecule has 1 aliphatic carbocycles. The van der Waals surface area contributed by atoms with Gasteiger partial charge in [-0.3, -0.25) is 0 Å². The van der Waals surface area contributed by atoms with Gasteiger partial charge >= 0.3 is 0 Å². The van der Waals surface area contributed by atoms with Crippen LogP contribution in [0.25, 0.3) is 5.57 Å². The molecule has 1 aromatic rings. The van der Waals surface area contributed by atoms with Gasteiger partial charge in [-0.15, -0.1) is 0 Å². The molecule has 1 aliphatic rings. The number of nitrogens with zero attached hydrogens (tertiary/aromatic N) is 2. The summed E-state index contributed by atoms with van der Waals surface area (Å²) < 4.78 is 22.0. The molecule has 2 N–H and O–H groups in total. The fraction of sp³-hybridized carbons (Fsp3) is 0.333. The Balaban J connectivity index is 2.79. The Morgan fingerprint density at radius 3 is 2.27 bits per heavy atom. The third kappa shape index (κ3) is 3.80. The highest BCUT2D eigenvalue weighted by molar-refractivity contribution is 5.92. The van der Waals surface area contributed by atoms with E-state index in [0.29, 0.717) is 40.4 Å². The normalized spacial score (nSPS) is 17.7. The fourth-order valence-corrected chi connectivity index (χ4v) is 2.93. The highest BCUT2D eigenvalue weighted by Crippen LogP contribution is 2.41. The summed E-state index contributed by atoms with van der Waals surface area (Å²) in [6.07, 6.45) is 4.59. The molecule has 0 spiro atoms. The van der Waals surface area contributed by atoms with Gasteiger partial charge < -0.3 is 29.4 Å². The molecule has 0 saturated heterocycles. The standard InChI is InChI=1S/C18H22N2O6/c1-23-15-7-11(9-19-21)5-13(17(15)25-3)14-6-12(10-20-22)8-16(24-2)18(14)26-4/h5-7,9-10,16,21-22H,8H2,1-4H3/b19-9+,20-10+. The summed E-state index contributed by atoms with van der Waals surface area (Å²) >= 11 is 0. The van der Waals surface area contributed by atoms with E-state index in [1.165, 1.54) is 26.6 Å². The van der Waals surface area contributed by atoms with E-state index in [2.05, 4.69) is 10.3 Å². The van der Waals surface area contributed by atoms with Crippen molar-refractivity contribution < 1.29 is 29.4 Å². The van der Waals surface area contributed by atoms with Gasteiger partial charge in [0.05, 0.1) is 33.8 Å². The summed E-state index contributed by atoms with van der Waals surface area (Å²) in [6, 6.07) is 3.46. The molecule has 0 fully saturated rings. The SMILES string of the molecule is COC1=C(c2cc(/C=N/O)cc(OC)c2OC)C=C(/C=N/O)CC1OC. The molecule has 1 atom stereocenters. The molecule has 26 heavy (non-hydrogen) atoms. The first-order chi connectivity index (χ1) is 12.6. The molecule has 8 heteroatoms. The Morgan fingerprint density at radius 2 is 1.73 bits per heavy atom. The molecule has 2 rings (SSSR count). The van der Waals surface area contributed by atoms with Gasteiger partial charge in [0.25, 0.3) is 0 Å². The Bertz CT molecular complexity index is 767. The summed E-state index contributed by atoms with van der Waals surface area (Å²) in [4.78, 5) is 0. The zero-order valence-electron chi connectivity index (χ0n) is 15.1. The zero-order valence-corrected chi connectivity index (χ0v) is 15.1. The third-order valence-corrected chi connectivity index (χ3v) is 4.03. The van der Waals surface area contributed by atoms with E-state index >= 15 is 0 Å². The molecular weight excluding hydrogens is 340 g/mol. The Labute approximate surface area is 151 Å². The molecular formula is C18H22N2O6. The molecule has 0 saturated carbocycles. The second-order valence-corrected chi connectivity index (χ2v) is 5.42. The molecule has 0 bridgehead atoms. The van der Waals surface area contributed by atoms with Crippen LogP contribution in [-0.2, 0) is 9.47 Å². The zero-order chi connectivity index (χ0) is 19.1. The molecule has 1 aromatic carbocycles. The molecule has 8 nitrogen and oxygen atoms in total. The van der Waals surface area contributed by atoms with Gasteiger partial charge in [-0.1, -0.05) is 10.3 Å². The van der Waals surface area contributed by atoms with Crippen LogP contribution in [0.4, 0.5) is 0 Å². The quantitative estimate of drug-likeness (QED) is 0.439. The van der Waals surface area contributed by atoms with Crippen molar-refractivity contribution in [1.82, 2.24) is 0 Å². The highest BCUT2D eigenvalue weighted by atomic mass is 16.5. The Morgan fingerprint density at radius 1 is 1.00 bits per heavy atom. The molecule has 0 heterocycles. The average Bonchev–Trinajstić information content (AvgIpc) is 2.66. The fourth-order valence-electron chi connectivity index (χ4n) is 2.93. The smallest absolute Gasteiger partial charge is 0.168 e. The summed E-state index contributed by atoms with van der Waals surface area (Å²) in [5, 5.41) is 24.0. The van der Waals surface area contributed by atoms with Crippen molar-refractivity contribution in [3.63, 3.8) is 0 Å². The van der Waals surface area contributed by atoms with Crippen LogP contribution in [0.5, 0.6) is 11.5 Å². The number of allylic oxidation sites excluding steroid dienone is 2. The van der Waals surface area contributed by atoms with Crippen molar-refractivity contribution in [2.75, 3.05) is 28.4 Å². The summed E-state index contributed by atoms with van der Waals surface area (Å²) in [5.41, 5.74) is 2.69. The predicted octanol–water partition coefficient (Wildman–Crippen LogP) is 2.67. The Kier molecular flexibility index (Phi) is 6.62. The van der Waals surface area contributed by atoms with E-state index in [-0.39, 0.29) is 6.10 Å². The van der Waals surface area contributed by atoms with Crippen LogP contribution in [-0.4, -0.2) is 57.4 Å². The average molecular weight is 362 g/mol. The van der Waals surface area contributed by atoms with E-state index in [1.807, 2.05) is 6.08 Å². The van der Waals surface area contributed by atoms with E-state index in [9.17, 15) is 0 Å². The lowest BCUT2D eigenvalue weighted by atomic mass is 9.90. The first-order valence-corrected chi connectivity index (χ1v) is 7.76.